The number of rotatable bonds is 2. The Morgan fingerprint density at radius 1 is 1.29 bits per heavy atom. The molecular weight excluding hydrogens is 244 g/mol. The maximum Gasteiger partial charge on any atom is 0.331 e. The van der Waals surface area contributed by atoms with Gasteiger partial charge in [-0.3, -0.25) is 14.3 Å². The Labute approximate surface area is 101 Å². The Hall–Kier alpha value is -2.01. The van der Waals surface area contributed by atoms with Crippen molar-refractivity contribution in [1.29, 1.82) is 0 Å². The molecule has 0 aliphatic carbocycles. The third kappa shape index (κ3) is 2.39. The van der Waals surface area contributed by atoms with E-state index in [0.717, 1.165) is 10.6 Å². The molecule has 0 unspecified atom stereocenters. The number of aromatic hydroxyl groups is 1. The van der Waals surface area contributed by atoms with E-state index < -0.39 is 17.1 Å². The van der Waals surface area contributed by atoms with Gasteiger partial charge in [0.15, 0.2) is 0 Å². The van der Waals surface area contributed by atoms with Crippen LogP contribution in [0.4, 0.5) is 0 Å². The van der Waals surface area contributed by atoms with Gasteiger partial charge in [0, 0.05) is 5.02 Å². The first-order valence-electron chi connectivity index (χ1n) is 4.84. The quantitative estimate of drug-likeness (QED) is 0.835. The van der Waals surface area contributed by atoms with Crippen LogP contribution in [0.3, 0.4) is 0 Å². The fourth-order valence-electron chi connectivity index (χ4n) is 1.46. The Kier molecular flexibility index (Phi) is 3.01. The molecule has 1 aromatic carbocycles. The molecule has 2 rings (SSSR count). The summed E-state index contributed by atoms with van der Waals surface area (Å²) in [6.07, 6.45) is 0. The molecule has 1 aromatic heterocycles. The topological polar surface area (TPSA) is 75.1 Å². The van der Waals surface area contributed by atoms with E-state index in [4.69, 9.17) is 11.6 Å². The van der Waals surface area contributed by atoms with E-state index in [2.05, 4.69) is 4.98 Å². The normalized spacial score (nSPS) is 10.4. The van der Waals surface area contributed by atoms with Crippen LogP contribution in [0.5, 0.6) is 5.88 Å². The third-order valence-corrected chi connectivity index (χ3v) is 2.67. The highest BCUT2D eigenvalue weighted by atomic mass is 35.5. The van der Waals surface area contributed by atoms with Crippen LogP contribution in [0.15, 0.2) is 39.9 Å². The lowest BCUT2D eigenvalue weighted by Gasteiger charge is -2.08. The van der Waals surface area contributed by atoms with E-state index in [1.165, 1.54) is 0 Å². The SMILES string of the molecule is O=c1cc(O)n(Cc2ccccc2Cl)c(=O)[nH]1. The zero-order valence-electron chi connectivity index (χ0n) is 8.68. The molecule has 6 heteroatoms. The van der Waals surface area contributed by atoms with Gasteiger partial charge in [0.1, 0.15) is 0 Å². The van der Waals surface area contributed by atoms with Crippen molar-refractivity contribution in [2.75, 3.05) is 0 Å². The van der Waals surface area contributed by atoms with Crippen molar-refractivity contribution >= 4 is 11.6 Å². The van der Waals surface area contributed by atoms with Crippen molar-refractivity contribution in [2.24, 2.45) is 0 Å². The minimum Gasteiger partial charge on any atom is -0.494 e. The van der Waals surface area contributed by atoms with E-state index in [-0.39, 0.29) is 6.54 Å². The van der Waals surface area contributed by atoms with Crippen LogP contribution in [0, 0.1) is 0 Å². The van der Waals surface area contributed by atoms with Crippen LogP contribution in [-0.2, 0) is 6.54 Å². The van der Waals surface area contributed by atoms with Crippen LogP contribution < -0.4 is 11.2 Å². The minimum atomic E-state index is -0.671. The fourth-order valence-corrected chi connectivity index (χ4v) is 1.65. The van der Waals surface area contributed by atoms with Gasteiger partial charge in [-0.15, -0.1) is 0 Å². The molecule has 0 fully saturated rings. The largest absolute Gasteiger partial charge is 0.494 e. The molecule has 0 saturated carbocycles. The molecule has 2 N–H and O–H groups in total. The predicted octanol–water partition coefficient (Wildman–Crippen LogP) is 0.944. The molecule has 17 heavy (non-hydrogen) atoms. The van der Waals surface area contributed by atoms with Crippen molar-refractivity contribution in [3.63, 3.8) is 0 Å². The first kappa shape index (κ1) is 11.5. The van der Waals surface area contributed by atoms with Gasteiger partial charge in [-0.05, 0) is 11.6 Å². The highest BCUT2D eigenvalue weighted by molar-refractivity contribution is 6.31. The van der Waals surface area contributed by atoms with Gasteiger partial charge in [0.05, 0.1) is 12.6 Å². The zero-order chi connectivity index (χ0) is 12.4. The summed E-state index contributed by atoms with van der Waals surface area (Å²) in [5, 5.41) is 10.0. The number of hydrogen-bond acceptors (Lipinski definition) is 3. The van der Waals surface area contributed by atoms with Crippen LogP contribution in [0.2, 0.25) is 5.02 Å². The van der Waals surface area contributed by atoms with E-state index >= 15 is 0 Å². The van der Waals surface area contributed by atoms with E-state index in [0.29, 0.717) is 10.6 Å². The number of halogens is 1. The van der Waals surface area contributed by atoms with Gasteiger partial charge in [0.2, 0.25) is 5.88 Å². The maximum atomic E-state index is 11.5. The van der Waals surface area contributed by atoms with Crippen LogP contribution in [0.25, 0.3) is 0 Å². The monoisotopic (exact) mass is 252 g/mol. The average Bonchev–Trinajstić information content (AvgIpc) is 2.25. The summed E-state index contributed by atoms with van der Waals surface area (Å²) in [6.45, 7) is 0.0983. The zero-order valence-corrected chi connectivity index (χ0v) is 9.44. The van der Waals surface area contributed by atoms with Crippen molar-refractivity contribution in [3.05, 3.63) is 61.8 Å². The molecule has 0 atom stereocenters. The fraction of sp³-hybridized carbons (Fsp3) is 0.0909. The summed E-state index contributed by atoms with van der Waals surface area (Å²) in [6, 6.07) is 7.90. The summed E-state index contributed by atoms with van der Waals surface area (Å²) in [5.41, 5.74) is -0.628. The van der Waals surface area contributed by atoms with Crippen LogP contribution in [-0.4, -0.2) is 14.7 Å². The molecule has 0 aliphatic rings. The van der Waals surface area contributed by atoms with Gasteiger partial charge < -0.3 is 5.11 Å². The summed E-state index contributed by atoms with van der Waals surface area (Å²) in [7, 11) is 0. The second-order valence-electron chi connectivity index (χ2n) is 3.47. The van der Waals surface area contributed by atoms with Crippen molar-refractivity contribution in [3.8, 4) is 5.88 Å². The maximum absolute atomic E-state index is 11.5. The molecule has 88 valence electrons. The molecule has 5 nitrogen and oxygen atoms in total. The minimum absolute atomic E-state index is 0.0983. The highest BCUT2D eigenvalue weighted by Gasteiger charge is 2.07. The number of nitrogens with one attached hydrogen (secondary N) is 1. The summed E-state index contributed by atoms with van der Waals surface area (Å²) >= 11 is 5.94. The molecule has 0 bridgehead atoms. The van der Waals surface area contributed by atoms with E-state index in [9.17, 15) is 14.7 Å². The summed E-state index contributed by atoms with van der Waals surface area (Å²) in [5.74, 6) is -0.390. The van der Waals surface area contributed by atoms with Gasteiger partial charge in [0.25, 0.3) is 5.56 Å². The number of H-pyrrole nitrogens is 1. The Bertz CT molecular complexity index is 660. The van der Waals surface area contributed by atoms with E-state index in [1.807, 2.05) is 0 Å². The number of aromatic amines is 1. The van der Waals surface area contributed by atoms with Crippen molar-refractivity contribution in [1.82, 2.24) is 9.55 Å². The molecule has 1 heterocycles. The first-order chi connectivity index (χ1) is 8.08. The van der Waals surface area contributed by atoms with Gasteiger partial charge >= 0.3 is 5.69 Å². The number of hydrogen-bond donors (Lipinski definition) is 2. The third-order valence-electron chi connectivity index (χ3n) is 2.30. The lowest BCUT2D eigenvalue weighted by atomic mass is 10.2. The van der Waals surface area contributed by atoms with Gasteiger partial charge in [-0.25, -0.2) is 4.79 Å². The van der Waals surface area contributed by atoms with E-state index in [1.54, 1.807) is 24.3 Å². The number of aromatic nitrogens is 2. The molecule has 2 aromatic rings. The lowest BCUT2D eigenvalue weighted by Crippen LogP contribution is -2.29. The predicted molar refractivity (Wildman–Crippen MR) is 63.5 cm³/mol. The smallest absolute Gasteiger partial charge is 0.331 e. The average molecular weight is 253 g/mol. The van der Waals surface area contributed by atoms with Gasteiger partial charge in [-0.2, -0.15) is 0 Å². The summed E-state index contributed by atoms with van der Waals surface area (Å²) < 4.78 is 1.03. The lowest BCUT2D eigenvalue weighted by molar-refractivity contribution is 0.409. The Morgan fingerprint density at radius 3 is 2.65 bits per heavy atom. The van der Waals surface area contributed by atoms with Crippen molar-refractivity contribution in [2.45, 2.75) is 6.54 Å². The molecule has 0 radical (unpaired) electrons. The van der Waals surface area contributed by atoms with Crippen molar-refractivity contribution < 1.29 is 5.11 Å². The van der Waals surface area contributed by atoms with Gasteiger partial charge in [-0.1, -0.05) is 29.8 Å². The number of nitrogens with zero attached hydrogens (tertiary/aromatic N) is 1. The second kappa shape index (κ2) is 4.47. The Morgan fingerprint density at radius 2 is 2.00 bits per heavy atom. The molecule has 0 saturated heterocycles. The standard InChI is InChI=1S/C11H9ClN2O3/c12-8-4-2-1-3-7(8)6-14-10(16)5-9(15)13-11(14)17/h1-5,16H,6H2,(H,13,15,17). The second-order valence-corrected chi connectivity index (χ2v) is 3.88. The molecule has 0 aliphatic heterocycles. The van der Waals surface area contributed by atoms with Crippen LogP contribution >= 0.6 is 11.6 Å². The number of benzene rings is 1. The molecule has 0 spiro atoms. The Balaban J connectivity index is 2.48. The first-order valence-corrected chi connectivity index (χ1v) is 5.22. The molecular formula is C11H9ClN2O3. The summed E-state index contributed by atoms with van der Waals surface area (Å²) in [4.78, 5) is 24.5. The van der Waals surface area contributed by atoms with Crippen LogP contribution in [0.1, 0.15) is 5.56 Å². The highest BCUT2D eigenvalue weighted by Crippen LogP contribution is 2.16. The molecule has 0 amide bonds.